The van der Waals surface area contributed by atoms with Gasteiger partial charge >= 0.3 is 6.09 Å². The van der Waals surface area contributed by atoms with Crippen LogP contribution < -0.4 is 10.0 Å². The Hall–Kier alpha value is -2.78. The van der Waals surface area contributed by atoms with Crippen LogP contribution >= 0.6 is 0 Å². The normalized spacial score (nSPS) is 26.1. The van der Waals surface area contributed by atoms with Crippen LogP contribution in [0.1, 0.15) is 52.1 Å². The number of benzene rings is 1. The fourth-order valence-corrected chi connectivity index (χ4v) is 6.49. The molecule has 0 spiro atoms. The number of nitrogens with one attached hydrogen (secondary N) is 2. The molecule has 1 aromatic carbocycles. The minimum absolute atomic E-state index is 0.00903. The van der Waals surface area contributed by atoms with Crippen molar-refractivity contribution >= 4 is 22.2 Å². The van der Waals surface area contributed by atoms with Gasteiger partial charge in [0.15, 0.2) is 0 Å². The van der Waals surface area contributed by atoms with Crippen molar-refractivity contribution in [1.29, 1.82) is 0 Å². The van der Waals surface area contributed by atoms with Crippen molar-refractivity contribution in [3.8, 4) is 11.1 Å². The largest absolute Gasteiger partial charge is 0.444 e. The van der Waals surface area contributed by atoms with E-state index < -0.39 is 21.7 Å². The van der Waals surface area contributed by atoms with E-state index in [1.54, 1.807) is 12.3 Å². The number of hydrogen-bond acceptors (Lipinski definition) is 5. The summed E-state index contributed by atoms with van der Waals surface area (Å²) in [4.78, 5) is 16.8. The van der Waals surface area contributed by atoms with Gasteiger partial charge in [-0.3, -0.25) is 4.98 Å². The SMILES string of the molecule is CC(C)(C)OC(=O)NC1CC[C@@H]2[C@@H](C1)C[C@@H](NS(C)(=O)=O)[C@H]2/C=C/c1ccc(-c2cccc(F)c2)cn1. The van der Waals surface area contributed by atoms with E-state index in [0.717, 1.165) is 36.1 Å². The van der Waals surface area contributed by atoms with Crippen molar-refractivity contribution in [3.05, 3.63) is 60.2 Å². The van der Waals surface area contributed by atoms with Gasteiger partial charge in [-0.05, 0) is 94.0 Å². The molecule has 0 saturated heterocycles. The van der Waals surface area contributed by atoms with Gasteiger partial charge in [-0.1, -0.05) is 24.3 Å². The molecule has 200 valence electrons. The second kappa shape index (κ2) is 10.9. The standard InChI is InChI=1S/C28H36FN3O4S/c1-28(2,3)36-27(33)31-23-11-12-24-20(15-23)16-26(32-37(4,34)35)25(24)13-10-22-9-8-19(17-30-22)18-6-5-7-21(29)14-18/h5-10,13-14,17,20,23-26,32H,11-12,15-16H2,1-4H3,(H,31,33)/b13-10+/t20-,23?,24+,25-,26+/m0/s1. The number of alkyl carbamates (subject to hydrolysis) is 1. The maximum Gasteiger partial charge on any atom is 0.407 e. The molecule has 4 rings (SSSR count). The summed E-state index contributed by atoms with van der Waals surface area (Å²) in [5.74, 6) is 0.314. The highest BCUT2D eigenvalue weighted by molar-refractivity contribution is 7.88. The van der Waals surface area contributed by atoms with Crippen molar-refractivity contribution in [1.82, 2.24) is 15.0 Å². The van der Waals surface area contributed by atoms with Gasteiger partial charge in [0.2, 0.25) is 10.0 Å². The van der Waals surface area contributed by atoms with E-state index in [4.69, 9.17) is 4.74 Å². The number of amides is 1. The Bertz CT molecular complexity index is 1240. The van der Waals surface area contributed by atoms with Gasteiger partial charge in [0.1, 0.15) is 11.4 Å². The molecule has 0 aliphatic heterocycles. The van der Waals surface area contributed by atoms with Crippen LogP contribution in [0.15, 0.2) is 48.7 Å². The molecule has 9 heteroatoms. The molecule has 2 saturated carbocycles. The number of sulfonamides is 1. The highest BCUT2D eigenvalue weighted by Gasteiger charge is 2.46. The van der Waals surface area contributed by atoms with Crippen LogP contribution in [0.4, 0.5) is 9.18 Å². The first kappa shape index (κ1) is 27.3. The molecule has 2 fully saturated rings. The summed E-state index contributed by atoms with van der Waals surface area (Å²) in [7, 11) is -3.38. The first-order chi connectivity index (χ1) is 17.4. The second-order valence-electron chi connectivity index (χ2n) is 11.2. The summed E-state index contributed by atoms with van der Waals surface area (Å²) >= 11 is 0. The molecule has 0 radical (unpaired) electrons. The number of pyridine rings is 1. The Balaban J connectivity index is 1.46. The lowest BCUT2D eigenvalue weighted by molar-refractivity contribution is 0.0474. The molecule has 1 aromatic heterocycles. The van der Waals surface area contributed by atoms with Gasteiger partial charge in [0.05, 0.1) is 11.9 Å². The highest BCUT2D eigenvalue weighted by Crippen LogP contribution is 2.47. The number of ether oxygens (including phenoxy) is 1. The fraction of sp³-hybridized carbons (Fsp3) is 0.500. The summed E-state index contributed by atoms with van der Waals surface area (Å²) in [6.07, 6.45) is 9.70. The van der Waals surface area contributed by atoms with E-state index in [2.05, 4.69) is 21.1 Å². The molecule has 1 unspecified atom stereocenters. The zero-order valence-corrected chi connectivity index (χ0v) is 22.6. The van der Waals surface area contributed by atoms with Gasteiger partial charge in [0, 0.05) is 23.8 Å². The molecular weight excluding hydrogens is 493 g/mol. The van der Waals surface area contributed by atoms with E-state index in [-0.39, 0.29) is 29.7 Å². The Kier molecular flexibility index (Phi) is 8.04. The van der Waals surface area contributed by atoms with E-state index in [0.29, 0.717) is 12.3 Å². The quantitative estimate of drug-likeness (QED) is 0.540. The Labute approximate surface area is 219 Å². The summed E-state index contributed by atoms with van der Waals surface area (Å²) < 4.78 is 46.0. The molecule has 0 bridgehead atoms. The van der Waals surface area contributed by atoms with Crippen LogP contribution in [0.5, 0.6) is 0 Å². The highest BCUT2D eigenvalue weighted by atomic mass is 32.2. The Morgan fingerprint density at radius 2 is 1.92 bits per heavy atom. The lowest BCUT2D eigenvalue weighted by Gasteiger charge is -2.34. The molecule has 5 atom stereocenters. The van der Waals surface area contributed by atoms with Crippen molar-refractivity contribution < 1.29 is 22.3 Å². The summed E-state index contributed by atoms with van der Waals surface area (Å²) in [5.41, 5.74) is 1.78. The van der Waals surface area contributed by atoms with E-state index in [1.165, 1.54) is 18.4 Å². The third-order valence-electron chi connectivity index (χ3n) is 7.08. The maximum absolute atomic E-state index is 13.6. The minimum Gasteiger partial charge on any atom is -0.444 e. The first-order valence-corrected chi connectivity index (χ1v) is 14.6. The molecule has 7 nitrogen and oxygen atoms in total. The van der Waals surface area contributed by atoms with Crippen LogP contribution in [0.2, 0.25) is 0 Å². The Morgan fingerprint density at radius 1 is 1.14 bits per heavy atom. The van der Waals surface area contributed by atoms with Crippen LogP contribution in [0, 0.1) is 23.6 Å². The molecule has 2 aliphatic carbocycles. The third-order valence-corrected chi connectivity index (χ3v) is 7.81. The van der Waals surface area contributed by atoms with Crippen molar-refractivity contribution in [3.63, 3.8) is 0 Å². The van der Waals surface area contributed by atoms with Crippen molar-refractivity contribution in [2.24, 2.45) is 17.8 Å². The average molecular weight is 530 g/mol. The lowest BCUT2D eigenvalue weighted by atomic mass is 9.75. The summed E-state index contributed by atoms with van der Waals surface area (Å²) in [6, 6.07) is 9.96. The zero-order chi connectivity index (χ0) is 26.8. The number of halogens is 1. The van der Waals surface area contributed by atoms with E-state index in [9.17, 15) is 17.6 Å². The number of rotatable bonds is 6. The van der Waals surface area contributed by atoms with Gasteiger partial charge in [-0.15, -0.1) is 0 Å². The number of fused-ring (bicyclic) bond motifs is 1. The fourth-order valence-electron chi connectivity index (χ4n) is 5.68. The summed E-state index contributed by atoms with van der Waals surface area (Å²) in [5, 5.41) is 2.99. The molecule has 2 N–H and O–H groups in total. The molecule has 2 aliphatic rings. The third kappa shape index (κ3) is 7.61. The number of hydrogen-bond donors (Lipinski definition) is 2. The summed E-state index contributed by atoms with van der Waals surface area (Å²) in [6.45, 7) is 5.51. The van der Waals surface area contributed by atoms with E-state index in [1.807, 2.05) is 45.0 Å². The monoisotopic (exact) mass is 529 g/mol. The molecular formula is C28H36FN3O4S. The van der Waals surface area contributed by atoms with Gasteiger partial charge in [-0.2, -0.15) is 0 Å². The lowest BCUT2D eigenvalue weighted by Crippen LogP contribution is -2.43. The zero-order valence-electron chi connectivity index (χ0n) is 21.8. The molecule has 37 heavy (non-hydrogen) atoms. The van der Waals surface area contributed by atoms with E-state index >= 15 is 0 Å². The molecule has 2 aromatic rings. The van der Waals surface area contributed by atoms with Crippen LogP contribution in [-0.2, 0) is 14.8 Å². The van der Waals surface area contributed by atoms with Gasteiger partial charge in [0.25, 0.3) is 0 Å². The first-order valence-electron chi connectivity index (χ1n) is 12.7. The van der Waals surface area contributed by atoms with Crippen LogP contribution in [0.25, 0.3) is 17.2 Å². The predicted molar refractivity (Wildman–Crippen MR) is 143 cm³/mol. The minimum atomic E-state index is -3.38. The maximum atomic E-state index is 13.6. The Morgan fingerprint density at radius 3 is 2.57 bits per heavy atom. The number of carbonyl (C=O) groups excluding carboxylic acids is 1. The predicted octanol–water partition coefficient (Wildman–Crippen LogP) is 5.15. The van der Waals surface area contributed by atoms with Gasteiger partial charge in [-0.25, -0.2) is 22.3 Å². The molecule has 1 heterocycles. The van der Waals surface area contributed by atoms with Crippen molar-refractivity contribution in [2.45, 2.75) is 64.1 Å². The van der Waals surface area contributed by atoms with Gasteiger partial charge < -0.3 is 10.1 Å². The van der Waals surface area contributed by atoms with Crippen molar-refractivity contribution in [2.75, 3.05) is 6.26 Å². The average Bonchev–Trinajstić information content (AvgIpc) is 3.11. The number of nitrogens with zero attached hydrogens (tertiary/aromatic N) is 1. The van der Waals surface area contributed by atoms with Crippen LogP contribution in [0.3, 0.4) is 0 Å². The smallest absolute Gasteiger partial charge is 0.407 e. The second-order valence-corrected chi connectivity index (χ2v) is 13.0. The molecule has 1 amide bonds. The topological polar surface area (TPSA) is 97.4 Å². The van der Waals surface area contributed by atoms with Crippen LogP contribution in [-0.4, -0.2) is 43.4 Å². The number of carbonyl (C=O) groups is 1. The number of aromatic nitrogens is 1.